The van der Waals surface area contributed by atoms with Crippen LogP contribution in [0.2, 0.25) is 0 Å². The standard InChI is InChI=1S/C10H14N2O4/c1-5(10(15)16)11-7-4-8(13)12(9(7)14)6-2-3-6/h5-7,11H,2-4H2,1H3,(H,15,16)/t5-,7?/m0/s1. The summed E-state index contributed by atoms with van der Waals surface area (Å²) in [6, 6.07) is -1.42. The van der Waals surface area contributed by atoms with Crippen molar-refractivity contribution >= 4 is 17.8 Å². The molecular weight excluding hydrogens is 212 g/mol. The summed E-state index contributed by atoms with van der Waals surface area (Å²) < 4.78 is 0. The summed E-state index contributed by atoms with van der Waals surface area (Å²) in [7, 11) is 0. The van der Waals surface area contributed by atoms with E-state index >= 15 is 0 Å². The van der Waals surface area contributed by atoms with Crippen molar-refractivity contribution in [2.45, 2.75) is 44.3 Å². The molecule has 0 radical (unpaired) electrons. The molecule has 2 amide bonds. The zero-order valence-corrected chi connectivity index (χ0v) is 8.97. The zero-order chi connectivity index (χ0) is 11.9. The number of carboxylic acids is 1. The van der Waals surface area contributed by atoms with Gasteiger partial charge in [0.15, 0.2) is 0 Å². The van der Waals surface area contributed by atoms with E-state index in [4.69, 9.17) is 5.11 Å². The van der Waals surface area contributed by atoms with E-state index in [1.54, 1.807) is 0 Å². The molecule has 0 aromatic rings. The van der Waals surface area contributed by atoms with Gasteiger partial charge in [-0.2, -0.15) is 0 Å². The number of nitrogens with zero attached hydrogens (tertiary/aromatic N) is 1. The fraction of sp³-hybridized carbons (Fsp3) is 0.700. The first kappa shape index (κ1) is 11.1. The average molecular weight is 226 g/mol. The molecule has 0 aromatic heterocycles. The Bertz CT molecular complexity index is 351. The van der Waals surface area contributed by atoms with Crippen molar-refractivity contribution in [1.29, 1.82) is 0 Å². The molecule has 16 heavy (non-hydrogen) atoms. The van der Waals surface area contributed by atoms with Gasteiger partial charge in [-0.05, 0) is 19.8 Å². The number of carbonyl (C=O) groups is 3. The highest BCUT2D eigenvalue weighted by molar-refractivity contribution is 6.06. The highest BCUT2D eigenvalue weighted by Gasteiger charge is 2.46. The SMILES string of the molecule is C[C@H](NC1CC(=O)N(C2CC2)C1=O)C(=O)O. The minimum absolute atomic E-state index is 0.0620. The Kier molecular flexibility index (Phi) is 2.67. The maximum absolute atomic E-state index is 11.8. The highest BCUT2D eigenvalue weighted by Crippen LogP contribution is 2.31. The summed E-state index contributed by atoms with van der Waals surface area (Å²) in [5, 5.41) is 11.4. The van der Waals surface area contributed by atoms with E-state index in [1.807, 2.05) is 0 Å². The van der Waals surface area contributed by atoms with Crippen LogP contribution in [0.15, 0.2) is 0 Å². The molecule has 2 aliphatic rings. The lowest BCUT2D eigenvalue weighted by Crippen LogP contribution is -2.46. The fourth-order valence-corrected chi connectivity index (χ4v) is 1.87. The van der Waals surface area contributed by atoms with Gasteiger partial charge in [0.05, 0.1) is 12.5 Å². The molecule has 2 atom stereocenters. The van der Waals surface area contributed by atoms with Crippen molar-refractivity contribution in [1.82, 2.24) is 10.2 Å². The molecule has 1 unspecified atom stereocenters. The number of rotatable bonds is 4. The highest BCUT2D eigenvalue weighted by atomic mass is 16.4. The lowest BCUT2D eigenvalue weighted by atomic mass is 10.2. The summed E-state index contributed by atoms with van der Waals surface area (Å²) in [4.78, 5) is 35.3. The van der Waals surface area contributed by atoms with Crippen molar-refractivity contribution in [3.8, 4) is 0 Å². The largest absolute Gasteiger partial charge is 0.480 e. The van der Waals surface area contributed by atoms with Crippen LogP contribution in [0.5, 0.6) is 0 Å². The van der Waals surface area contributed by atoms with Crippen LogP contribution in [-0.4, -0.2) is 45.9 Å². The molecule has 1 aliphatic carbocycles. The molecule has 2 fully saturated rings. The Morgan fingerprint density at radius 3 is 2.62 bits per heavy atom. The van der Waals surface area contributed by atoms with Crippen molar-refractivity contribution in [3.05, 3.63) is 0 Å². The molecule has 6 heteroatoms. The molecule has 6 nitrogen and oxygen atoms in total. The first-order valence-corrected chi connectivity index (χ1v) is 5.35. The summed E-state index contributed by atoms with van der Waals surface area (Å²) >= 11 is 0. The van der Waals surface area contributed by atoms with E-state index in [0.717, 1.165) is 12.8 Å². The van der Waals surface area contributed by atoms with Crippen LogP contribution in [0, 0.1) is 0 Å². The van der Waals surface area contributed by atoms with Gasteiger partial charge in [-0.3, -0.25) is 24.6 Å². The maximum Gasteiger partial charge on any atom is 0.320 e. The van der Waals surface area contributed by atoms with Crippen molar-refractivity contribution in [2.24, 2.45) is 0 Å². The molecule has 2 N–H and O–H groups in total. The van der Waals surface area contributed by atoms with E-state index in [0.29, 0.717) is 0 Å². The lowest BCUT2D eigenvalue weighted by Gasteiger charge is -2.16. The summed E-state index contributed by atoms with van der Waals surface area (Å²) in [5.41, 5.74) is 0. The number of carboxylic acid groups (broad SMARTS) is 1. The van der Waals surface area contributed by atoms with Crippen LogP contribution in [0.3, 0.4) is 0 Å². The Labute approximate surface area is 92.6 Å². The second-order valence-corrected chi connectivity index (χ2v) is 4.32. The van der Waals surface area contributed by atoms with Gasteiger partial charge in [-0.25, -0.2) is 0 Å². The van der Waals surface area contributed by atoms with Gasteiger partial charge < -0.3 is 5.11 Å². The minimum Gasteiger partial charge on any atom is -0.480 e. The smallest absolute Gasteiger partial charge is 0.320 e. The third-order valence-electron chi connectivity index (χ3n) is 2.92. The van der Waals surface area contributed by atoms with Gasteiger partial charge in [0.2, 0.25) is 11.8 Å². The van der Waals surface area contributed by atoms with Crippen molar-refractivity contribution in [2.75, 3.05) is 0 Å². The number of likely N-dealkylation sites (tertiary alicyclic amines) is 1. The Balaban J connectivity index is 2.00. The summed E-state index contributed by atoms with van der Waals surface area (Å²) in [6.45, 7) is 1.46. The monoisotopic (exact) mass is 226 g/mol. The minimum atomic E-state index is -1.02. The topological polar surface area (TPSA) is 86.7 Å². The van der Waals surface area contributed by atoms with Crippen LogP contribution in [0.25, 0.3) is 0 Å². The molecule has 1 aliphatic heterocycles. The van der Waals surface area contributed by atoms with Crippen LogP contribution in [0.1, 0.15) is 26.2 Å². The quantitative estimate of drug-likeness (QED) is 0.621. The first-order valence-electron chi connectivity index (χ1n) is 5.35. The van der Waals surface area contributed by atoms with Crippen LogP contribution >= 0.6 is 0 Å². The van der Waals surface area contributed by atoms with Gasteiger partial charge in [0.25, 0.3) is 0 Å². The van der Waals surface area contributed by atoms with Crippen molar-refractivity contribution < 1.29 is 19.5 Å². The second kappa shape index (κ2) is 3.86. The van der Waals surface area contributed by atoms with E-state index in [9.17, 15) is 14.4 Å². The molecular formula is C10H14N2O4. The molecule has 2 rings (SSSR count). The second-order valence-electron chi connectivity index (χ2n) is 4.32. The molecule has 1 saturated carbocycles. The summed E-state index contributed by atoms with van der Waals surface area (Å²) in [5.74, 6) is -1.49. The fourth-order valence-electron chi connectivity index (χ4n) is 1.87. The van der Waals surface area contributed by atoms with Crippen LogP contribution < -0.4 is 5.32 Å². The van der Waals surface area contributed by atoms with E-state index in [-0.39, 0.29) is 24.3 Å². The van der Waals surface area contributed by atoms with Gasteiger partial charge in [0.1, 0.15) is 6.04 Å². The number of nitrogens with one attached hydrogen (secondary N) is 1. The molecule has 88 valence electrons. The Morgan fingerprint density at radius 1 is 1.50 bits per heavy atom. The zero-order valence-electron chi connectivity index (χ0n) is 8.97. The number of carbonyl (C=O) groups excluding carboxylic acids is 2. The third-order valence-corrected chi connectivity index (χ3v) is 2.92. The Hall–Kier alpha value is -1.43. The van der Waals surface area contributed by atoms with Gasteiger partial charge in [0, 0.05) is 6.04 Å². The molecule has 0 spiro atoms. The maximum atomic E-state index is 11.8. The molecule has 1 heterocycles. The average Bonchev–Trinajstić information content (AvgIpc) is 2.97. The lowest BCUT2D eigenvalue weighted by molar-refractivity contribution is -0.140. The molecule has 0 bridgehead atoms. The third kappa shape index (κ3) is 1.92. The van der Waals surface area contributed by atoms with E-state index in [2.05, 4.69) is 5.32 Å². The number of hydrogen-bond acceptors (Lipinski definition) is 4. The number of aliphatic carboxylic acids is 1. The van der Waals surface area contributed by atoms with Crippen molar-refractivity contribution in [3.63, 3.8) is 0 Å². The molecule has 1 saturated heterocycles. The summed E-state index contributed by atoms with van der Waals surface area (Å²) in [6.07, 6.45) is 1.82. The van der Waals surface area contributed by atoms with Gasteiger partial charge >= 0.3 is 5.97 Å². The van der Waals surface area contributed by atoms with Crippen LogP contribution in [0.4, 0.5) is 0 Å². The predicted octanol–water partition coefficient (Wildman–Crippen LogP) is -0.661. The van der Waals surface area contributed by atoms with Gasteiger partial charge in [-0.1, -0.05) is 0 Å². The predicted molar refractivity (Wildman–Crippen MR) is 53.5 cm³/mol. The number of imide groups is 1. The normalized spacial score (nSPS) is 27.3. The van der Waals surface area contributed by atoms with Gasteiger partial charge in [-0.15, -0.1) is 0 Å². The van der Waals surface area contributed by atoms with E-state index < -0.39 is 18.1 Å². The Morgan fingerprint density at radius 2 is 2.12 bits per heavy atom. The first-order chi connectivity index (χ1) is 7.50. The van der Waals surface area contributed by atoms with E-state index in [1.165, 1.54) is 11.8 Å². The number of hydrogen-bond donors (Lipinski definition) is 2. The van der Waals surface area contributed by atoms with Crippen LogP contribution in [-0.2, 0) is 14.4 Å². The number of amides is 2. The molecule has 0 aromatic carbocycles.